The third-order valence-electron chi connectivity index (χ3n) is 11.0. The lowest BCUT2D eigenvalue weighted by molar-refractivity contribution is -0.131. The van der Waals surface area contributed by atoms with E-state index in [4.69, 9.17) is 5.73 Å². The van der Waals surface area contributed by atoms with Gasteiger partial charge in [-0.15, -0.1) is 0 Å². The van der Waals surface area contributed by atoms with E-state index >= 15 is 0 Å². The molecule has 0 saturated carbocycles. The molecule has 2 fully saturated rings. The number of carbonyl (C=O) groups is 3. The fraction of sp³-hybridized carbons (Fsp3) is 0.413. The number of hydrogen-bond donors (Lipinski definition) is 2. The van der Waals surface area contributed by atoms with Gasteiger partial charge in [0.25, 0.3) is 5.91 Å². The maximum absolute atomic E-state index is 13.4. The molecule has 0 bridgehead atoms. The molecule has 0 aromatic heterocycles. The number of rotatable bonds is 22. The lowest BCUT2D eigenvalue weighted by Crippen LogP contribution is -2.34. The van der Waals surface area contributed by atoms with E-state index in [1.165, 1.54) is 20.7 Å². The number of benzene rings is 4. The first-order chi connectivity index (χ1) is 31.0. The summed E-state index contributed by atoms with van der Waals surface area (Å²) in [6, 6.07) is 30.5. The summed E-state index contributed by atoms with van der Waals surface area (Å²) in [6.07, 6.45) is -3.06. The first-order valence-electron chi connectivity index (χ1n) is 21.4. The molecule has 13 nitrogen and oxygen atoms in total. The van der Waals surface area contributed by atoms with Gasteiger partial charge in [0.15, 0.2) is 11.6 Å². The van der Waals surface area contributed by atoms with Crippen molar-refractivity contribution in [1.29, 1.82) is 0 Å². The molecule has 3 N–H and O–H groups in total. The summed E-state index contributed by atoms with van der Waals surface area (Å²) in [5.41, 5.74) is 8.57. The molecule has 2 heterocycles. The normalized spacial score (nSPS) is 16.8. The molecule has 65 heavy (non-hydrogen) atoms. The molecule has 0 radical (unpaired) electrons. The van der Waals surface area contributed by atoms with Gasteiger partial charge < -0.3 is 20.9 Å². The molecule has 0 aliphatic carbocycles. The van der Waals surface area contributed by atoms with E-state index in [0.29, 0.717) is 87.5 Å². The second kappa shape index (κ2) is 24.4. The van der Waals surface area contributed by atoms with E-state index in [1.807, 2.05) is 21.2 Å². The van der Waals surface area contributed by atoms with Gasteiger partial charge in [-0.25, -0.2) is 25.6 Å². The Morgan fingerprint density at radius 1 is 0.631 bits per heavy atom. The van der Waals surface area contributed by atoms with Crippen LogP contribution in [0.15, 0.2) is 109 Å². The first kappa shape index (κ1) is 50.8. The summed E-state index contributed by atoms with van der Waals surface area (Å²) in [6.45, 7) is 2.66. The van der Waals surface area contributed by atoms with Crippen molar-refractivity contribution in [3.63, 3.8) is 0 Å². The molecule has 2 aliphatic rings. The van der Waals surface area contributed by atoms with Crippen molar-refractivity contribution in [1.82, 2.24) is 15.1 Å². The molecule has 0 unspecified atom stereocenters. The van der Waals surface area contributed by atoms with Crippen LogP contribution in [-0.2, 0) is 37.9 Å². The van der Waals surface area contributed by atoms with Crippen LogP contribution in [0, 0.1) is 0 Å². The van der Waals surface area contributed by atoms with Gasteiger partial charge in [0, 0.05) is 37.3 Å². The van der Waals surface area contributed by atoms with Crippen molar-refractivity contribution >= 4 is 48.9 Å². The molecule has 4 aromatic rings. The summed E-state index contributed by atoms with van der Waals surface area (Å²) < 4.78 is 107. The highest BCUT2D eigenvalue weighted by Gasteiger charge is 2.27. The zero-order chi connectivity index (χ0) is 47.0. The predicted octanol–water partition coefficient (Wildman–Crippen LogP) is 5.62. The number of amides is 1. The van der Waals surface area contributed by atoms with Gasteiger partial charge in [-0.1, -0.05) is 84.9 Å². The third-order valence-corrected chi connectivity index (χ3v) is 14.6. The highest BCUT2D eigenvalue weighted by atomic mass is 32.2. The summed E-state index contributed by atoms with van der Waals surface area (Å²) in [5, 5.41) is 1.86. The number of nitrogens with zero attached hydrogens (tertiary/aromatic N) is 4. The van der Waals surface area contributed by atoms with E-state index in [1.54, 1.807) is 91.0 Å². The fourth-order valence-corrected chi connectivity index (χ4v) is 10.4. The Morgan fingerprint density at radius 2 is 1.03 bits per heavy atom. The smallest absolute Gasteiger partial charge is 0.315 e. The second-order valence-electron chi connectivity index (χ2n) is 15.9. The Morgan fingerprint density at radius 3 is 1.38 bits per heavy atom. The number of Topliss-reactive ketones (excluding diaryl/α,β-unsaturated/α-hetero) is 2. The molecule has 2 atom stereocenters. The van der Waals surface area contributed by atoms with Gasteiger partial charge in [0.2, 0.25) is 20.0 Å². The Labute approximate surface area is 378 Å². The highest BCUT2D eigenvalue weighted by molar-refractivity contribution is 7.93. The Hall–Kier alpha value is -5.21. The van der Waals surface area contributed by atoms with Crippen LogP contribution in [0.1, 0.15) is 57.5 Å². The van der Waals surface area contributed by atoms with Crippen LogP contribution < -0.4 is 19.7 Å². The van der Waals surface area contributed by atoms with Gasteiger partial charge in [-0.05, 0) is 74.2 Å². The minimum Gasteiger partial charge on any atom is -0.344 e. The van der Waals surface area contributed by atoms with Crippen LogP contribution in [0.25, 0.3) is 0 Å². The zero-order valence-electron chi connectivity index (χ0n) is 36.0. The van der Waals surface area contributed by atoms with Crippen molar-refractivity contribution in [2.45, 2.75) is 57.5 Å². The van der Waals surface area contributed by atoms with E-state index in [-0.39, 0.29) is 42.5 Å². The molecular weight excluding hydrogens is 889 g/mol. The Balaban J connectivity index is 0.000000247. The lowest BCUT2D eigenvalue weighted by atomic mass is 10.1. The van der Waals surface area contributed by atoms with Gasteiger partial charge >= 0.3 is 6.43 Å². The Kier molecular flexibility index (Phi) is 19.0. The fourth-order valence-electron chi connectivity index (χ4n) is 7.42. The minimum absolute atomic E-state index is 0.0148. The molecular formula is C46H56F4N6O7S2. The monoisotopic (exact) mass is 944 g/mol. The number of halogens is 4. The number of alkyl halides is 4. The standard InChI is InChI=1S/C24H28F3N3O4S.C22H28FN3O3S/c25-20-11-13-29(17-20)12-4-14-35(33,34)30(21-5-2-1-3-6-21)16-18-7-9-19(10-8-18)22(31)15-28-24(32)23(26)27;23-20-11-13-25(17-20)12-4-14-30(28,29)26(21-5-2-1-3-6-21)16-18-7-9-19(10-8-18)22(27)15-24/h1-3,5-10,20,23H,4,11-17H2,(H,28,32);1-3,5-10,20H,4,11-17,24H2/t2*20-/m00/s1. The van der Waals surface area contributed by atoms with Crippen LogP contribution in [-0.4, -0.2) is 127 Å². The summed E-state index contributed by atoms with van der Waals surface area (Å²) >= 11 is 0. The van der Waals surface area contributed by atoms with Crippen LogP contribution >= 0.6 is 0 Å². The number of hydrogen-bond acceptors (Lipinski definition) is 10. The van der Waals surface area contributed by atoms with Gasteiger partial charge in [-0.2, -0.15) is 8.78 Å². The van der Waals surface area contributed by atoms with Crippen molar-refractivity contribution in [3.05, 3.63) is 131 Å². The maximum atomic E-state index is 13.4. The average Bonchev–Trinajstić information content (AvgIpc) is 3.93. The van der Waals surface area contributed by atoms with Gasteiger partial charge in [-0.3, -0.25) is 23.0 Å². The number of ketones is 2. The highest BCUT2D eigenvalue weighted by Crippen LogP contribution is 2.24. The van der Waals surface area contributed by atoms with Crippen LogP contribution in [0.2, 0.25) is 0 Å². The second-order valence-corrected chi connectivity index (χ2v) is 19.9. The molecule has 2 aliphatic heterocycles. The first-order valence-corrected chi connectivity index (χ1v) is 24.6. The Bertz CT molecular complexity index is 2370. The van der Waals surface area contributed by atoms with Crippen molar-refractivity contribution < 1.29 is 48.8 Å². The van der Waals surface area contributed by atoms with E-state index in [9.17, 15) is 48.8 Å². The number of nitrogens with one attached hydrogen (secondary N) is 1. The van der Waals surface area contributed by atoms with Crippen molar-refractivity contribution in [2.24, 2.45) is 5.73 Å². The quantitative estimate of drug-likeness (QED) is 0.0745. The number of para-hydroxylation sites is 2. The number of anilines is 2. The topological polar surface area (TPSA) is 170 Å². The lowest BCUT2D eigenvalue weighted by Gasteiger charge is -2.25. The van der Waals surface area contributed by atoms with E-state index in [2.05, 4.69) is 0 Å². The van der Waals surface area contributed by atoms with Crippen LogP contribution in [0.4, 0.5) is 28.9 Å². The van der Waals surface area contributed by atoms with E-state index in [0.717, 1.165) is 5.56 Å². The molecule has 2 saturated heterocycles. The molecule has 19 heteroatoms. The van der Waals surface area contributed by atoms with Crippen molar-refractivity contribution in [3.8, 4) is 0 Å². The summed E-state index contributed by atoms with van der Waals surface area (Å²) in [7, 11) is -7.29. The number of sulfonamides is 2. The average molecular weight is 945 g/mol. The summed E-state index contributed by atoms with van der Waals surface area (Å²) in [4.78, 5) is 38.7. The largest absolute Gasteiger partial charge is 0.344 e. The van der Waals surface area contributed by atoms with Crippen LogP contribution in [0.3, 0.4) is 0 Å². The molecule has 1 amide bonds. The van der Waals surface area contributed by atoms with E-state index < -0.39 is 57.1 Å². The van der Waals surface area contributed by atoms with Gasteiger partial charge in [0.05, 0.1) is 49.1 Å². The molecule has 6 rings (SSSR count). The molecule has 0 spiro atoms. The SMILES string of the molecule is NCC(=O)c1ccc(CN(c2ccccc2)S(=O)(=O)CCCN2CC[C@H](F)C2)cc1.O=C(CNC(=O)C(F)F)c1ccc(CN(c2ccccc2)S(=O)(=O)CCCN2CC[C@H](F)C2)cc1. The summed E-state index contributed by atoms with van der Waals surface area (Å²) in [5.74, 6) is -2.34. The number of likely N-dealkylation sites (tertiary alicyclic amines) is 2. The zero-order valence-corrected chi connectivity index (χ0v) is 37.6. The number of carbonyl (C=O) groups excluding carboxylic acids is 3. The molecule has 4 aromatic carbocycles. The molecule has 352 valence electrons. The maximum Gasteiger partial charge on any atom is 0.315 e. The van der Waals surface area contributed by atoms with Crippen LogP contribution in [0.5, 0.6) is 0 Å². The predicted molar refractivity (Wildman–Crippen MR) is 244 cm³/mol. The van der Waals surface area contributed by atoms with Gasteiger partial charge in [0.1, 0.15) is 12.3 Å². The van der Waals surface area contributed by atoms with Crippen molar-refractivity contribution in [2.75, 3.05) is 72.5 Å². The minimum atomic E-state index is -3.70. The number of nitrogens with two attached hydrogens (primary N) is 1. The third kappa shape index (κ3) is 15.7.